The van der Waals surface area contributed by atoms with E-state index in [4.69, 9.17) is 9.97 Å². The number of rotatable bonds is 6. The molecule has 0 amide bonds. The first-order chi connectivity index (χ1) is 10.1. The number of aromatic nitrogens is 2. The van der Waals surface area contributed by atoms with Crippen molar-refractivity contribution in [2.45, 2.75) is 51.2 Å². The average Bonchev–Trinajstić information content (AvgIpc) is 2.46. The Bertz CT molecular complexity index is 451. The van der Waals surface area contributed by atoms with Crippen molar-refractivity contribution < 1.29 is 0 Å². The van der Waals surface area contributed by atoms with Gasteiger partial charge in [-0.05, 0) is 31.9 Å². The van der Waals surface area contributed by atoms with Crippen molar-refractivity contribution in [2.75, 3.05) is 18.1 Å². The summed E-state index contributed by atoms with van der Waals surface area (Å²) in [7, 11) is 0. The minimum Gasteiger partial charge on any atom is -0.311 e. The summed E-state index contributed by atoms with van der Waals surface area (Å²) in [5.41, 5.74) is 2.22. The Hall–Kier alpha value is -0.260. The molecule has 1 aliphatic heterocycles. The molecule has 2 atom stereocenters. The van der Waals surface area contributed by atoms with E-state index in [1.807, 2.05) is 11.8 Å². The molecule has 21 heavy (non-hydrogen) atoms. The first kappa shape index (κ1) is 17.1. The van der Waals surface area contributed by atoms with Gasteiger partial charge in [-0.3, -0.25) is 0 Å². The van der Waals surface area contributed by atoms with Crippen molar-refractivity contribution in [3.05, 3.63) is 23.3 Å². The van der Waals surface area contributed by atoms with Gasteiger partial charge in [0, 0.05) is 29.0 Å². The Morgan fingerprint density at radius 2 is 2.05 bits per heavy atom. The van der Waals surface area contributed by atoms with Crippen LogP contribution in [0.3, 0.4) is 0 Å². The fraction of sp³-hybridized carbons (Fsp3) is 0.750. The van der Waals surface area contributed by atoms with Crippen molar-refractivity contribution in [3.8, 4) is 0 Å². The second-order valence-corrected chi connectivity index (χ2v) is 8.59. The molecule has 0 aromatic carbocycles. The number of hydrogen-bond acceptors (Lipinski definition) is 5. The van der Waals surface area contributed by atoms with Crippen LogP contribution in [0.5, 0.6) is 0 Å². The molecule has 0 bridgehead atoms. The number of aryl methyl sites for hydroxylation is 1. The van der Waals surface area contributed by atoms with Crippen molar-refractivity contribution >= 4 is 23.5 Å². The van der Waals surface area contributed by atoms with Crippen molar-refractivity contribution in [1.82, 2.24) is 15.3 Å². The number of nitrogens with one attached hydrogen (secondary N) is 1. The standard InChI is InChI=1S/C16H27N3S2/c1-5-14-15(21-7-6-20-14)16-18-12(4)8-13(19-16)10-17-9-11(2)3/h8,11,14-15,17H,5-7,9-10H2,1-4H3. The minimum atomic E-state index is 0.456. The Labute approximate surface area is 137 Å². The minimum absolute atomic E-state index is 0.456. The highest BCUT2D eigenvalue weighted by Gasteiger charge is 2.28. The maximum absolute atomic E-state index is 4.84. The van der Waals surface area contributed by atoms with Crippen LogP contribution in [-0.4, -0.2) is 33.3 Å². The Balaban J connectivity index is 2.10. The van der Waals surface area contributed by atoms with Crippen LogP contribution in [0.4, 0.5) is 0 Å². The molecule has 2 unspecified atom stereocenters. The lowest BCUT2D eigenvalue weighted by molar-refractivity contribution is 0.546. The molecule has 1 aromatic rings. The second kappa shape index (κ2) is 8.39. The summed E-state index contributed by atoms with van der Waals surface area (Å²) in [6.45, 7) is 10.7. The smallest absolute Gasteiger partial charge is 0.142 e. The van der Waals surface area contributed by atoms with Crippen LogP contribution in [-0.2, 0) is 6.54 Å². The molecule has 0 aliphatic carbocycles. The van der Waals surface area contributed by atoms with Crippen molar-refractivity contribution in [2.24, 2.45) is 5.92 Å². The molecule has 1 aliphatic rings. The van der Waals surface area contributed by atoms with Gasteiger partial charge in [0.15, 0.2) is 0 Å². The third-order valence-corrected chi connectivity index (χ3v) is 6.73. The van der Waals surface area contributed by atoms with Crippen molar-refractivity contribution in [3.63, 3.8) is 0 Å². The normalized spacial score (nSPS) is 22.7. The van der Waals surface area contributed by atoms with Gasteiger partial charge >= 0.3 is 0 Å². The first-order valence-electron chi connectivity index (χ1n) is 7.88. The van der Waals surface area contributed by atoms with E-state index in [2.05, 4.69) is 50.8 Å². The molecule has 2 heterocycles. The topological polar surface area (TPSA) is 37.8 Å². The Kier molecular flexibility index (Phi) is 6.83. The molecule has 0 saturated carbocycles. The number of nitrogens with zero attached hydrogens (tertiary/aromatic N) is 2. The summed E-state index contributed by atoms with van der Waals surface area (Å²) < 4.78 is 0. The molecule has 2 rings (SSSR count). The number of thioether (sulfide) groups is 2. The molecule has 0 spiro atoms. The molecule has 1 saturated heterocycles. The summed E-state index contributed by atoms with van der Waals surface area (Å²) in [6.07, 6.45) is 1.20. The van der Waals surface area contributed by atoms with E-state index in [1.54, 1.807) is 0 Å². The summed E-state index contributed by atoms with van der Waals surface area (Å²) in [4.78, 5) is 9.57. The predicted molar refractivity (Wildman–Crippen MR) is 95.0 cm³/mol. The molecular formula is C16H27N3S2. The van der Waals surface area contributed by atoms with Gasteiger partial charge in [0.2, 0.25) is 0 Å². The maximum Gasteiger partial charge on any atom is 0.142 e. The van der Waals surface area contributed by atoms with E-state index in [9.17, 15) is 0 Å². The van der Waals surface area contributed by atoms with Gasteiger partial charge in [-0.15, -0.1) is 11.8 Å². The summed E-state index contributed by atoms with van der Waals surface area (Å²) >= 11 is 4.11. The third kappa shape index (κ3) is 5.15. The zero-order valence-electron chi connectivity index (χ0n) is 13.6. The van der Waals surface area contributed by atoms with Gasteiger partial charge < -0.3 is 5.32 Å². The van der Waals surface area contributed by atoms with Crippen LogP contribution in [0.15, 0.2) is 6.07 Å². The van der Waals surface area contributed by atoms with Crippen LogP contribution < -0.4 is 5.32 Å². The summed E-state index contributed by atoms with van der Waals surface area (Å²) in [5, 5.41) is 4.59. The fourth-order valence-corrected chi connectivity index (χ4v) is 5.50. The van der Waals surface area contributed by atoms with E-state index in [0.29, 0.717) is 16.4 Å². The zero-order valence-corrected chi connectivity index (χ0v) is 15.2. The van der Waals surface area contributed by atoms with Gasteiger partial charge in [-0.1, -0.05) is 20.8 Å². The lowest BCUT2D eigenvalue weighted by atomic mass is 10.2. The Morgan fingerprint density at radius 1 is 1.29 bits per heavy atom. The lowest BCUT2D eigenvalue weighted by Gasteiger charge is -2.29. The van der Waals surface area contributed by atoms with Crippen LogP contribution in [0, 0.1) is 12.8 Å². The molecule has 1 aromatic heterocycles. The third-order valence-electron chi connectivity index (χ3n) is 3.49. The van der Waals surface area contributed by atoms with Gasteiger partial charge in [-0.2, -0.15) is 11.8 Å². The molecule has 3 nitrogen and oxygen atoms in total. The molecule has 1 N–H and O–H groups in total. The van der Waals surface area contributed by atoms with Crippen LogP contribution >= 0.6 is 23.5 Å². The van der Waals surface area contributed by atoms with Gasteiger partial charge in [-0.25, -0.2) is 9.97 Å². The number of hydrogen-bond donors (Lipinski definition) is 1. The molecule has 118 valence electrons. The van der Waals surface area contributed by atoms with Crippen LogP contribution in [0.25, 0.3) is 0 Å². The summed E-state index contributed by atoms with van der Waals surface area (Å²) in [6, 6.07) is 2.11. The highest BCUT2D eigenvalue weighted by molar-refractivity contribution is 8.06. The van der Waals surface area contributed by atoms with E-state index >= 15 is 0 Å². The van der Waals surface area contributed by atoms with E-state index < -0.39 is 0 Å². The van der Waals surface area contributed by atoms with E-state index in [-0.39, 0.29) is 0 Å². The fourth-order valence-electron chi connectivity index (χ4n) is 2.51. The van der Waals surface area contributed by atoms with Gasteiger partial charge in [0.25, 0.3) is 0 Å². The zero-order chi connectivity index (χ0) is 15.2. The molecule has 0 radical (unpaired) electrons. The van der Waals surface area contributed by atoms with E-state index in [1.165, 1.54) is 17.9 Å². The predicted octanol–water partition coefficient (Wildman–Crippen LogP) is 3.83. The monoisotopic (exact) mass is 325 g/mol. The SMILES string of the molecule is CCC1SCCSC1c1nc(C)cc(CNCC(C)C)n1. The van der Waals surface area contributed by atoms with Crippen molar-refractivity contribution in [1.29, 1.82) is 0 Å². The summed E-state index contributed by atoms with van der Waals surface area (Å²) in [5.74, 6) is 4.18. The molecular weight excluding hydrogens is 298 g/mol. The largest absolute Gasteiger partial charge is 0.311 e. The highest BCUT2D eigenvalue weighted by atomic mass is 32.2. The average molecular weight is 326 g/mol. The Morgan fingerprint density at radius 3 is 2.76 bits per heavy atom. The van der Waals surface area contributed by atoms with Gasteiger partial charge in [0.1, 0.15) is 5.82 Å². The maximum atomic E-state index is 4.84. The quantitative estimate of drug-likeness (QED) is 0.860. The van der Waals surface area contributed by atoms with Crippen LogP contribution in [0.2, 0.25) is 0 Å². The first-order valence-corrected chi connectivity index (χ1v) is 9.98. The highest BCUT2D eigenvalue weighted by Crippen LogP contribution is 2.42. The molecule has 1 fully saturated rings. The van der Waals surface area contributed by atoms with E-state index in [0.717, 1.165) is 30.3 Å². The second-order valence-electron chi connectivity index (χ2n) is 5.99. The lowest BCUT2D eigenvalue weighted by Crippen LogP contribution is -2.23. The van der Waals surface area contributed by atoms with Crippen LogP contribution in [0.1, 0.15) is 49.7 Å². The van der Waals surface area contributed by atoms with Gasteiger partial charge in [0.05, 0.1) is 10.9 Å². The molecule has 5 heteroatoms.